The molecule has 2 fully saturated rings. The van der Waals surface area contributed by atoms with E-state index in [-0.39, 0.29) is 30.4 Å². The van der Waals surface area contributed by atoms with Crippen molar-refractivity contribution in [2.75, 3.05) is 19.7 Å². The molecule has 1 saturated heterocycles. The molecule has 1 heterocycles. The highest BCUT2D eigenvalue weighted by Gasteiger charge is 2.30. The number of amides is 2. The van der Waals surface area contributed by atoms with Crippen molar-refractivity contribution in [2.45, 2.75) is 57.4 Å². The van der Waals surface area contributed by atoms with Gasteiger partial charge in [0.25, 0.3) is 5.91 Å². The molecule has 4 rings (SSSR count). The predicted molar refractivity (Wildman–Crippen MR) is 130 cm³/mol. The van der Waals surface area contributed by atoms with Crippen LogP contribution in [-0.2, 0) is 9.59 Å². The van der Waals surface area contributed by atoms with E-state index < -0.39 is 0 Å². The Morgan fingerprint density at radius 3 is 2.18 bits per heavy atom. The van der Waals surface area contributed by atoms with Crippen molar-refractivity contribution in [3.8, 4) is 5.75 Å². The van der Waals surface area contributed by atoms with E-state index in [1.165, 1.54) is 37.7 Å². The summed E-state index contributed by atoms with van der Waals surface area (Å²) >= 11 is 0. The molecular formula is C28H36N2O3. The summed E-state index contributed by atoms with van der Waals surface area (Å²) in [5.74, 6) is 1.46. The van der Waals surface area contributed by atoms with Crippen LogP contribution in [0.2, 0.25) is 0 Å². The average molecular weight is 449 g/mol. The number of hydrogen-bond acceptors (Lipinski definition) is 3. The van der Waals surface area contributed by atoms with E-state index in [0.29, 0.717) is 37.6 Å². The van der Waals surface area contributed by atoms with Crippen molar-refractivity contribution in [1.29, 1.82) is 0 Å². The number of nitrogens with one attached hydrogen (secondary N) is 1. The first kappa shape index (κ1) is 23.3. The van der Waals surface area contributed by atoms with Gasteiger partial charge < -0.3 is 15.0 Å². The molecular weight excluding hydrogens is 412 g/mol. The maximum atomic E-state index is 13.2. The van der Waals surface area contributed by atoms with Gasteiger partial charge in [-0.25, -0.2) is 0 Å². The second-order valence-corrected chi connectivity index (χ2v) is 9.47. The minimum Gasteiger partial charge on any atom is -0.484 e. The molecule has 1 aliphatic carbocycles. The number of likely N-dealkylation sites (tertiary alicyclic amines) is 1. The number of piperidine rings is 1. The standard InChI is InChI=1S/C28H36N2O3/c31-27(21-33-25-14-8-3-9-15-25)30-18-16-24(17-19-30)28(32)29-26(23-12-6-2-7-13-23)20-22-10-4-1-5-11-22/h2-3,6-9,12-15,22,24,26H,1,4-5,10-11,16-21H2,(H,29,32). The van der Waals surface area contributed by atoms with Gasteiger partial charge in [-0.1, -0.05) is 80.6 Å². The van der Waals surface area contributed by atoms with Crippen LogP contribution >= 0.6 is 0 Å². The largest absolute Gasteiger partial charge is 0.484 e. The van der Waals surface area contributed by atoms with Crippen LogP contribution in [0.5, 0.6) is 5.75 Å². The number of carbonyl (C=O) groups excluding carboxylic acids is 2. The minimum atomic E-state index is -0.0401. The van der Waals surface area contributed by atoms with Crippen molar-refractivity contribution < 1.29 is 14.3 Å². The Labute approximate surface area is 197 Å². The van der Waals surface area contributed by atoms with Crippen molar-refractivity contribution in [1.82, 2.24) is 10.2 Å². The molecule has 2 amide bonds. The van der Waals surface area contributed by atoms with E-state index in [1.807, 2.05) is 41.3 Å². The van der Waals surface area contributed by atoms with Gasteiger partial charge >= 0.3 is 0 Å². The highest BCUT2D eigenvalue weighted by Crippen LogP contribution is 2.32. The normalized spacial score (nSPS) is 18.5. The van der Waals surface area contributed by atoms with Crippen LogP contribution in [0.15, 0.2) is 60.7 Å². The topological polar surface area (TPSA) is 58.6 Å². The molecule has 1 saturated carbocycles. The molecule has 1 unspecified atom stereocenters. The Balaban J connectivity index is 1.27. The van der Waals surface area contributed by atoms with Crippen LogP contribution in [0.1, 0.15) is 63.0 Å². The van der Waals surface area contributed by atoms with E-state index >= 15 is 0 Å². The maximum absolute atomic E-state index is 13.2. The van der Waals surface area contributed by atoms with Gasteiger partial charge in [-0.05, 0) is 42.9 Å². The Hall–Kier alpha value is -2.82. The fourth-order valence-corrected chi connectivity index (χ4v) is 5.15. The highest BCUT2D eigenvalue weighted by molar-refractivity contribution is 5.81. The number of nitrogens with zero attached hydrogens (tertiary/aromatic N) is 1. The highest BCUT2D eigenvalue weighted by atomic mass is 16.5. The molecule has 1 N–H and O–H groups in total. The van der Waals surface area contributed by atoms with Crippen molar-refractivity contribution in [3.05, 3.63) is 66.2 Å². The third-order valence-electron chi connectivity index (χ3n) is 7.14. The molecule has 33 heavy (non-hydrogen) atoms. The molecule has 2 aromatic rings. The lowest BCUT2D eigenvalue weighted by atomic mass is 9.83. The Morgan fingerprint density at radius 1 is 0.879 bits per heavy atom. The molecule has 2 aliphatic rings. The summed E-state index contributed by atoms with van der Waals surface area (Å²) in [7, 11) is 0. The minimum absolute atomic E-state index is 0.0165. The smallest absolute Gasteiger partial charge is 0.260 e. The van der Waals surface area contributed by atoms with Crippen LogP contribution in [0.3, 0.4) is 0 Å². The van der Waals surface area contributed by atoms with Crippen LogP contribution in [-0.4, -0.2) is 36.4 Å². The summed E-state index contributed by atoms with van der Waals surface area (Å²) < 4.78 is 5.60. The lowest BCUT2D eigenvalue weighted by Crippen LogP contribution is -2.45. The number of ether oxygens (including phenoxy) is 1. The van der Waals surface area contributed by atoms with Gasteiger partial charge in [0.1, 0.15) is 5.75 Å². The van der Waals surface area contributed by atoms with Crippen molar-refractivity contribution in [3.63, 3.8) is 0 Å². The zero-order valence-electron chi connectivity index (χ0n) is 19.5. The quantitative estimate of drug-likeness (QED) is 0.609. The molecule has 1 atom stereocenters. The van der Waals surface area contributed by atoms with Gasteiger partial charge in [-0.15, -0.1) is 0 Å². The summed E-state index contributed by atoms with van der Waals surface area (Å²) in [6, 6.07) is 19.8. The summed E-state index contributed by atoms with van der Waals surface area (Å²) in [6.45, 7) is 1.25. The van der Waals surface area contributed by atoms with Gasteiger partial charge in [0.15, 0.2) is 6.61 Å². The Bertz CT molecular complexity index is 873. The number of benzene rings is 2. The molecule has 0 spiro atoms. The van der Waals surface area contributed by atoms with Crippen LogP contribution in [0, 0.1) is 11.8 Å². The first-order valence-corrected chi connectivity index (χ1v) is 12.5. The van der Waals surface area contributed by atoms with E-state index in [9.17, 15) is 9.59 Å². The maximum Gasteiger partial charge on any atom is 0.260 e. The van der Waals surface area contributed by atoms with Crippen molar-refractivity contribution in [2.24, 2.45) is 11.8 Å². The van der Waals surface area contributed by atoms with Crippen molar-refractivity contribution >= 4 is 11.8 Å². The molecule has 5 heteroatoms. The number of para-hydroxylation sites is 1. The summed E-state index contributed by atoms with van der Waals surface area (Å²) in [5.41, 5.74) is 1.20. The molecule has 5 nitrogen and oxygen atoms in total. The molecule has 0 bridgehead atoms. The second kappa shape index (κ2) is 11.9. The summed E-state index contributed by atoms with van der Waals surface area (Å²) in [5, 5.41) is 3.37. The number of hydrogen-bond donors (Lipinski definition) is 1. The molecule has 176 valence electrons. The first-order valence-electron chi connectivity index (χ1n) is 12.5. The van der Waals surface area contributed by atoms with Gasteiger partial charge in [0.2, 0.25) is 5.91 Å². The van der Waals surface area contributed by atoms with Crippen LogP contribution in [0.4, 0.5) is 0 Å². The molecule has 2 aromatic carbocycles. The summed E-state index contributed by atoms with van der Waals surface area (Å²) in [6.07, 6.45) is 8.91. The number of rotatable bonds is 8. The Kier molecular flexibility index (Phi) is 8.40. The fraction of sp³-hybridized carbons (Fsp3) is 0.500. The fourth-order valence-electron chi connectivity index (χ4n) is 5.15. The molecule has 1 aliphatic heterocycles. The van der Waals surface area contributed by atoms with Gasteiger partial charge in [0.05, 0.1) is 6.04 Å². The van der Waals surface area contributed by atoms with Crippen LogP contribution < -0.4 is 10.1 Å². The predicted octanol–water partition coefficient (Wildman–Crippen LogP) is 5.13. The zero-order valence-corrected chi connectivity index (χ0v) is 19.5. The van der Waals surface area contributed by atoms with Gasteiger partial charge in [-0.3, -0.25) is 9.59 Å². The SMILES string of the molecule is O=C(NC(CC1CCCCC1)c1ccccc1)C1CCN(C(=O)COc2ccccc2)CC1. The van der Waals surface area contributed by atoms with E-state index in [2.05, 4.69) is 29.6 Å². The zero-order chi connectivity index (χ0) is 22.9. The lowest BCUT2D eigenvalue weighted by molar-refractivity contribution is -0.137. The number of carbonyl (C=O) groups is 2. The molecule has 0 aromatic heterocycles. The molecule has 0 radical (unpaired) electrons. The monoisotopic (exact) mass is 448 g/mol. The third-order valence-corrected chi connectivity index (χ3v) is 7.14. The Morgan fingerprint density at radius 2 is 1.52 bits per heavy atom. The van der Waals surface area contributed by atoms with Gasteiger partial charge in [-0.2, -0.15) is 0 Å². The van der Waals surface area contributed by atoms with E-state index in [4.69, 9.17) is 4.74 Å². The average Bonchev–Trinajstić information content (AvgIpc) is 2.88. The van der Waals surface area contributed by atoms with E-state index in [0.717, 1.165) is 6.42 Å². The van der Waals surface area contributed by atoms with Gasteiger partial charge in [0, 0.05) is 19.0 Å². The van der Waals surface area contributed by atoms with Crippen LogP contribution in [0.25, 0.3) is 0 Å². The van der Waals surface area contributed by atoms with E-state index in [1.54, 1.807) is 0 Å². The lowest BCUT2D eigenvalue weighted by Gasteiger charge is -2.33. The second-order valence-electron chi connectivity index (χ2n) is 9.47. The first-order chi connectivity index (χ1) is 16.2. The summed E-state index contributed by atoms with van der Waals surface area (Å²) in [4.78, 5) is 27.5. The third kappa shape index (κ3) is 6.83.